The summed E-state index contributed by atoms with van der Waals surface area (Å²) in [6.07, 6.45) is -4.31. The van der Waals surface area contributed by atoms with Crippen LogP contribution < -0.4 is 5.32 Å². The van der Waals surface area contributed by atoms with E-state index in [9.17, 15) is 22.7 Å². The Morgan fingerprint density at radius 1 is 1.33 bits per heavy atom. The lowest BCUT2D eigenvalue weighted by atomic mass is 10.1. The van der Waals surface area contributed by atoms with Gasteiger partial charge in [0.05, 0.1) is 0 Å². The molecule has 1 aliphatic rings. The molecule has 0 bridgehead atoms. The Hall–Kier alpha value is -1.30. The van der Waals surface area contributed by atoms with Crippen molar-refractivity contribution >= 4 is 0 Å². The second kappa shape index (κ2) is 4.12. The fourth-order valence-corrected chi connectivity index (χ4v) is 2.00. The van der Waals surface area contributed by atoms with E-state index in [1.165, 1.54) is 6.92 Å². The molecule has 0 aliphatic heterocycles. The van der Waals surface area contributed by atoms with E-state index in [2.05, 4.69) is 5.32 Å². The lowest BCUT2D eigenvalue weighted by Crippen LogP contribution is -2.45. The molecule has 1 unspecified atom stereocenters. The first-order chi connectivity index (χ1) is 8.25. The maximum Gasteiger partial charge on any atom is 0.406 e. The number of benzene rings is 1. The van der Waals surface area contributed by atoms with E-state index in [1.54, 1.807) is 0 Å². The van der Waals surface area contributed by atoms with Crippen molar-refractivity contribution in [3.63, 3.8) is 0 Å². The largest absolute Gasteiger partial charge is 0.508 e. The van der Waals surface area contributed by atoms with Crippen molar-refractivity contribution in [3.05, 3.63) is 29.6 Å². The van der Waals surface area contributed by atoms with Crippen molar-refractivity contribution in [2.24, 2.45) is 0 Å². The van der Waals surface area contributed by atoms with Gasteiger partial charge in [-0.3, -0.25) is 5.32 Å². The Morgan fingerprint density at radius 3 is 2.44 bits per heavy atom. The van der Waals surface area contributed by atoms with E-state index in [1.807, 2.05) is 0 Å². The molecule has 1 fully saturated rings. The molecule has 18 heavy (non-hydrogen) atoms. The topological polar surface area (TPSA) is 32.3 Å². The molecule has 0 spiro atoms. The van der Waals surface area contributed by atoms with E-state index in [4.69, 9.17) is 0 Å². The van der Waals surface area contributed by atoms with Gasteiger partial charge in [0, 0.05) is 11.6 Å². The molecular weight excluding hydrogens is 250 g/mol. The second-order valence-electron chi connectivity index (χ2n) is 4.65. The molecular formula is C12H13F4NO. The molecule has 2 nitrogen and oxygen atoms in total. The van der Waals surface area contributed by atoms with Crippen LogP contribution in [0.2, 0.25) is 0 Å². The standard InChI is InChI=1S/C12H13F4NO/c1-7(9-6-8(13)2-3-10(9)18)17-11(4-5-11)12(14,15)16/h2-3,6-7,17-18H,4-5H2,1H3. The van der Waals surface area contributed by atoms with Gasteiger partial charge < -0.3 is 5.11 Å². The third kappa shape index (κ3) is 2.29. The minimum absolute atomic E-state index is 0.0108. The number of rotatable bonds is 3. The molecule has 1 aromatic rings. The lowest BCUT2D eigenvalue weighted by Gasteiger charge is -2.25. The first-order valence-electron chi connectivity index (χ1n) is 5.58. The number of aromatic hydroxyl groups is 1. The summed E-state index contributed by atoms with van der Waals surface area (Å²) in [6.45, 7) is 1.47. The van der Waals surface area contributed by atoms with Gasteiger partial charge in [0.15, 0.2) is 0 Å². The zero-order valence-electron chi connectivity index (χ0n) is 9.68. The summed E-state index contributed by atoms with van der Waals surface area (Å²) in [5.74, 6) is -0.803. The molecule has 1 atom stereocenters. The van der Waals surface area contributed by atoms with Gasteiger partial charge in [-0.1, -0.05) is 0 Å². The van der Waals surface area contributed by atoms with Gasteiger partial charge in [-0.05, 0) is 38.0 Å². The molecule has 0 saturated heterocycles. The lowest BCUT2D eigenvalue weighted by molar-refractivity contribution is -0.167. The average Bonchev–Trinajstić information content (AvgIpc) is 3.01. The van der Waals surface area contributed by atoms with Crippen molar-refractivity contribution < 1.29 is 22.7 Å². The summed E-state index contributed by atoms with van der Waals surface area (Å²) < 4.78 is 51.3. The highest BCUT2D eigenvalue weighted by Gasteiger charge is 2.63. The molecule has 100 valence electrons. The molecule has 0 radical (unpaired) electrons. The van der Waals surface area contributed by atoms with Crippen LogP contribution in [0.4, 0.5) is 17.6 Å². The Bertz CT molecular complexity index is 454. The van der Waals surface area contributed by atoms with Gasteiger partial charge >= 0.3 is 6.18 Å². The maximum atomic E-state index is 13.0. The van der Waals surface area contributed by atoms with Gasteiger partial charge in [0.2, 0.25) is 0 Å². The molecule has 0 amide bonds. The number of nitrogens with one attached hydrogen (secondary N) is 1. The van der Waals surface area contributed by atoms with E-state index in [-0.39, 0.29) is 24.2 Å². The van der Waals surface area contributed by atoms with Gasteiger partial charge in [-0.15, -0.1) is 0 Å². The Morgan fingerprint density at radius 2 is 1.94 bits per heavy atom. The number of alkyl halides is 3. The van der Waals surface area contributed by atoms with Crippen LogP contribution in [0.3, 0.4) is 0 Å². The van der Waals surface area contributed by atoms with Crippen molar-refractivity contribution in [3.8, 4) is 5.75 Å². The Balaban J connectivity index is 2.18. The van der Waals surface area contributed by atoms with Gasteiger partial charge in [0.1, 0.15) is 17.1 Å². The summed E-state index contributed by atoms with van der Waals surface area (Å²) in [6, 6.07) is 2.46. The molecule has 1 aromatic carbocycles. The molecule has 0 aromatic heterocycles. The quantitative estimate of drug-likeness (QED) is 0.820. The zero-order chi connectivity index (χ0) is 13.6. The highest BCUT2D eigenvalue weighted by molar-refractivity contribution is 5.35. The molecule has 1 aliphatic carbocycles. The third-order valence-corrected chi connectivity index (χ3v) is 3.24. The Kier molecular flexibility index (Phi) is 3.01. The van der Waals surface area contributed by atoms with Crippen LogP contribution in [0, 0.1) is 5.82 Å². The minimum atomic E-state index is -4.33. The van der Waals surface area contributed by atoms with Crippen LogP contribution in [-0.2, 0) is 0 Å². The third-order valence-electron chi connectivity index (χ3n) is 3.24. The second-order valence-corrected chi connectivity index (χ2v) is 4.65. The number of phenolic OH excluding ortho intramolecular Hbond substituents is 1. The number of halogens is 4. The first-order valence-corrected chi connectivity index (χ1v) is 5.58. The molecule has 6 heteroatoms. The predicted molar refractivity (Wildman–Crippen MR) is 57.6 cm³/mol. The zero-order valence-corrected chi connectivity index (χ0v) is 9.68. The fraction of sp³-hybridized carbons (Fsp3) is 0.500. The normalized spacial score (nSPS) is 19.6. The highest BCUT2D eigenvalue weighted by Crippen LogP contribution is 2.50. The van der Waals surface area contributed by atoms with E-state index in [0.29, 0.717) is 0 Å². The molecule has 2 rings (SSSR count). The van der Waals surface area contributed by atoms with Crippen LogP contribution in [-0.4, -0.2) is 16.8 Å². The maximum absolute atomic E-state index is 13.0. The number of hydrogen-bond acceptors (Lipinski definition) is 2. The minimum Gasteiger partial charge on any atom is -0.508 e. The monoisotopic (exact) mass is 263 g/mol. The van der Waals surface area contributed by atoms with E-state index in [0.717, 1.165) is 18.2 Å². The fourth-order valence-electron chi connectivity index (χ4n) is 2.00. The van der Waals surface area contributed by atoms with Crippen molar-refractivity contribution in [2.45, 2.75) is 37.5 Å². The van der Waals surface area contributed by atoms with Crippen LogP contribution in [0.5, 0.6) is 5.75 Å². The smallest absolute Gasteiger partial charge is 0.406 e. The number of hydrogen-bond donors (Lipinski definition) is 2. The molecule has 0 heterocycles. The van der Waals surface area contributed by atoms with Gasteiger partial charge in [-0.25, -0.2) is 4.39 Å². The van der Waals surface area contributed by atoms with E-state index < -0.39 is 23.6 Å². The summed E-state index contributed by atoms with van der Waals surface area (Å²) in [7, 11) is 0. The highest BCUT2D eigenvalue weighted by atomic mass is 19.4. The van der Waals surface area contributed by atoms with Crippen molar-refractivity contribution in [2.75, 3.05) is 0 Å². The average molecular weight is 263 g/mol. The van der Waals surface area contributed by atoms with Gasteiger partial charge in [0.25, 0.3) is 0 Å². The van der Waals surface area contributed by atoms with Gasteiger partial charge in [-0.2, -0.15) is 13.2 Å². The molecule has 1 saturated carbocycles. The predicted octanol–water partition coefficient (Wildman–Crippen LogP) is 3.28. The van der Waals surface area contributed by atoms with Crippen LogP contribution in [0.1, 0.15) is 31.4 Å². The van der Waals surface area contributed by atoms with Crippen molar-refractivity contribution in [1.29, 1.82) is 0 Å². The van der Waals surface area contributed by atoms with Crippen LogP contribution in [0.25, 0.3) is 0 Å². The molecule has 2 N–H and O–H groups in total. The Labute approximate surface area is 102 Å². The first kappa shape index (κ1) is 13.1. The summed E-state index contributed by atoms with van der Waals surface area (Å²) in [5.41, 5.74) is -1.75. The van der Waals surface area contributed by atoms with Crippen LogP contribution in [0.15, 0.2) is 18.2 Å². The number of phenols is 1. The van der Waals surface area contributed by atoms with Crippen LogP contribution >= 0.6 is 0 Å². The van der Waals surface area contributed by atoms with Crippen molar-refractivity contribution in [1.82, 2.24) is 5.32 Å². The summed E-state index contributed by atoms with van der Waals surface area (Å²) in [5, 5.41) is 12.0. The van der Waals surface area contributed by atoms with E-state index >= 15 is 0 Å². The summed E-state index contributed by atoms with van der Waals surface area (Å²) in [4.78, 5) is 0. The SMILES string of the molecule is CC(NC1(C(F)(F)F)CC1)c1cc(F)ccc1O. The summed E-state index contributed by atoms with van der Waals surface area (Å²) >= 11 is 0.